The molecule has 0 saturated carbocycles. The number of hydrogen-bond acceptors (Lipinski definition) is 4. The SMILES string of the molecule is [C+]#C[C-](N[C@@H](CCSC)C(=O)OC)c1ccccc1. The van der Waals surface area contributed by atoms with Gasteiger partial charge in [-0.1, -0.05) is 0 Å². The second-order valence-electron chi connectivity index (χ2n) is 3.87. The number of thioether (sulfide) groups is 1. The van der Waals surface area contributed by atoms with Gasteiger partial charge in [0.05, 0.1) is 0 Å². The monoisotopic (exact) mass is 275 g/mol. The van der Waals surface area contributed by atoms with Crippen LogP contribution in [0.1, 0.15) is 12.0 Å². The molecule has 100 valence electrons. The van der Waals surface area contributed by atoms with E-state index in [1.54, 1.807) is 11.8 Å². The van der Waals surface area contributed by atoms with Crippen molar-refractivity contribution in [2.75, 3.05) is 19.1 Å². The summed E-state index contributed by atoms with van der Waals surface area (Å²) in [7, 11) is 1.37. The average Bonchev–Trinajstić information content (AvgIpc) is 2.47. The number of rotatable bonds is 7. The van der Waals surface area contributed by atoms with E-state index in [1.807, 2.05) is 36.6 Å². The Labute approximate surface area is 119 Å². The van der Waals surface area contributed by atoms with E-state index in [1.165, 1.54) is 7.11 Å². The summed E-state index contributed by atoms with van der Waals surface area (Å²) in [6.45, 7) is 0. The van der Waals surface area contributed by atoms with Gasteiger partial charge in [-0.3, -0.25) is 0 Å². The minimum absolute atomic E-state index is 0.322. The number of carbonyl (C=O) groups excluding carboxylic acids is 1. The van der Waals surface area contributed by atoms with Crippen LogP contribution in [-0.2, 0) is 9.53 Å². The molecule has 1 atom stereocenters. The van der Waals surface area contributed by atoms with Gasteiger partial charge in [-0.25, -0.2) is 0 Å². The van der Waals surface area contributed by atoms with Crippen LogP contribution in [0, 0.1) is 18.4 Å². The summed E-state index contributed by atoms with van der Waals surface area (Å²) in [4.78, 5) is 11.7. The molecule has 0 unspecified atom stereocenters. The first-order valence-electron chi connectivity index (χ1n) is 5.91. The topological polar surface area (TPSA) is 38.3 Å². The minimum atomic E-state index is -0.453. The molecule has 1 aromatic carbocycles. The molecule has 1 rings (SSSR count). The van der Waals surface area contributed by atoms with Crippen molar-refractivity contribution in [1.82, 2.24) is 5.32 Å². The maximum atomic E-state index is 11.7. The molecule has 0 fully saturated rings. The summed E-state index contributed by atoms with van der Waals surface area (Å²) < 4.78 is 4.78. The third-order valence-corrected chi connectivity index (χ3v) is 3.25. The predicted octanol–water partition coefficient (Wildman–Crippen LogP) is 2.04. The third-order valence-electron chi connectivity index (χ3n) is 2.60. The summed E-state index contributed by atoms with van der Waals surface area (Å²) in [6, 6.07) is 9.44. The van der Waals surface area contributed by atoms with E-state index in [9.17, 15) is 4.79 Å². The molecule has 0 radical (unpaired) electrons. The Morgan fingerprint density at radius 2 is 2.21 bits per heavy atom. The van der Waals surface area contributed by atoms with Crippen molar-refractivity contribution in [2.24, 2.45) is 0 Å². The summed E-state index contributed by atoms with van der Waals surface area (Å²) in [6.07, 6.45) is 9.99. The van der Waals surface area contributed by atoms with Crippen LogP contribution >= 0.6 is 11.8 Å². The van der Waals surface area contributed by atoms with E-state index in [-0.39, 0.29) is 5.97 Å². The molecule has 0 saturated heterocycles. The quantitative estimate of drug-likeness (QED) is 0.469. The van der Waals surface area contributed by atoms with Crippen molar-refractivity contribution in [2.45, 2.75) is 12.5 Å². The van der Waals surface area contributed by atoms with Gasteiger partial charge in [-0.2, -0.15) is 0 Å². The Bertz CT molecular complexity index is 428. The Balaban J connectivity index is 2.76. The van der Waals surface area contributed by atoms with Gasteiger partial charge in [0.15, 0.2) is 0 Å². The van der Waals surface area contributed by atoms with Crippen molar-refractivity contribution in [3.63, 3.8) is 0 Å². The molecule has 3 nitrogen and oxygen atoms in total. The van der Waals surface area contributed by atoms with Gasteiger partial charge in [-0.05, 0) is 0 Å². The van der Waals surface area contributed by atoms with E-state index in [4.69, 9.17) is 11.2 Å². The molecule has 1 N–H and O–H groups in total. The molecule has 1 aromatic rings. The van der Waals surface area contributed by atoms with Crippen molar-refractivity contribution >= 4 is 17.7 Å². The Morgan fingerprint density at radius 3 is 2.74 bits per heavy atom. The Morgan fingerprint density at radius 1 is 1.53 bits per heavy atom. The molecule has 0 aliphatic rings. The molecule has 0 aliphatic carbocycles. The molecule has 19 heavy (non-hydrogen) atoms. The number of hydrogen-bond donors (Lipinski definition) is 1. The van der Waals surface area contributed by atoms with Crippen LogP contribution in [0.15, 0.2) is 30.3 Å². The first-order chi connectivity index (χ1) is 9.22. The predicted molar refractivity (Wildman–Crippen MR) is 77.9 cm³/mol. The maximum absolute atomic E-state index is 11.7. The number of esters is 1. The summed E-state index contributed by atoms with van der Waals surface area (Å²) in [5, 5.41) is 3.04. The molecule has 0 spiro atoms. The molecule has 0 aromatic heterocycles. The zero-order chi connectivity index (χ0) is 14.1. The zero-order valence-electron chi connectivity index (χ0n) is 11.1. The molecule has 0 amide bonds. The molecule has 0 aliphatic heterocycles. The van der Waals surface area contributed by atoms with Gasteiger partial charge in [0, 0.05) is 0 Å². The van der Waals surface area contributed by atoms with Crippen LogP contribution in [0.4, 0.5) is 0 Å². The fourth-order valence-electron chi connectivity index (χ4n) is 1.60. The van der Waals surface area contributed by atoms with Crippen LogP contribution in [0.2, 0.25) is 0 Å². The summed E-state index contributed by atoms with van der Waals surface area (Å²) in [5.74, 6) is 2.86. The van der Waals surface area contributed by atoms with Crippen molar-refractivity contribution in [3.05, 3.63) is 48.4 Å². The Hall–Kier alpha value is -1.35. The Kier molecular flexibility index (Phi) is 7.19. The van der Waals surface area contributed by atoms with Gasteiger partial charge in [-0.15, -0.1) is 0 Å². The fourth-order valence-corrected chi connectivity index (χ4v) is 2.07. The second-order valence-corrected chi connectivity index (χ2v) is 4.85. The molecular weight excluding hydrogens is 258 g/mol. The van der Waals surface area contributed by atoms with Crippen molar-refractivity contribution in [3.8, 4) is 5.92 Å². The fraction of sp³-hybridized carbons (Fsp3) is 0.333. The standard InChI is InChI=1S/C15H17NO2S/c1-4-13(12-8-6-5-7-9-12)16-14(10-11-19-3)15(17)18-2/h5-9,14,16H,10-11H2,2-3H3/t14-/m0/s1. The number of carbonyl (C=O) groups is 1. The van der Waals surface area contributed by atoms with Crippen molar-refractivity contribution < 1.29 is 9.53 Å². The van der Waals surface area contributed by atoms with Crippen LogP contribution in [0.25, 0.3) is 0 Å². The van der Waals surface area contributed by atoms with E-state index in [0.29, 0.717) is 12.5 Å². The van der Waals surface area contributed by atoms with Gasteiger partial charge >= 0.3 is 118 Å². The summed E-state index contributed by atoms with van der Waals surface area (Å²) in [5.41, 5.74) is 0.829. The van der Waals surface area contributed by atoms with Gasteiger partial charge in [0.2, 0.25) is 0 Å². The molecule has 4 heteroatoms. The summed E-state index contributed by atoms with van der Waals surface area (Å²) >= 11 is 1.66. The van der Waals surface area contributed by atoms with Crippen molar-refractivity contribution in [1.29, 1.82) is 0 Å². The second kappa shape index (κ2) is 8.70. The molecule has 0 bridgehead atoms. The van der Waals surface area contributed by atoms with Crippen LogP contribution in [0.5, 0.6) is 0 Å². The first kappa shape index (κ1) is 15.7. The van der Waals surface area contributed by atoms with E-state index < -0.39 is 6.04 Å². The number of methoxy groups -OCH3 is 1. The van der Waals surface area contributed by atoms with E-state index in [0.717, 1.165) is 11.3 Å². The first-order valence-corrected chi connectivity index (χ1v) is 7.30. The normalized spacial score (nSPS) is 11.6. The zero-order valence-corrected chi connectivity index (χ0v) is 11.9. The van der Waals surface area contributed by atoms with Crippen LogP contribution in [-0.4, -0.2) is 31.1 Å². The molecular formula is C15H17NO2S. The number of nitrogens with one attached hydrogen (secondary N) is 1. The van der Waals surface area contributed by atoms with Crippen LogP contribution < -0.4 is 5.32 Å². The van der Waals surface area contributed by atoms with Crippen LogP contribution in [0.3, 0.4) is 0 Å². The average molecular weight is 275 g/mol. The van der Waals surface area contributed by atoms with E-state index >= 15 is 0 Å². The van der Waals surface area contributed by atoms with Gasteiger partial charge < -0.3 is 0 Å². The van der Waals surface area contributed by atoms with Gasteiger partial charge in [0.25, 0.3) is 0 Å². The number of benzene rings is 1. The third kappa shape index (κ3) is 5.03. The number of ether oxygens (including phenoxy) is 1. The van der Waals surface area contributed by atoms with Gasteiger partial charge in [0.1, 0.15) is 0 Å². The van der Waals surface area contributed by atoms with E-state index in [2.05, 4.69) is 11.2 Å². The molecule has 0 heterocycles.